The quantitative estimate of drug-likeness (QED) is 0.817. The summed E-state index contributed by atoms with van der Waals surface area (Å²) in [5, 5.41) is 8.32. The maximum atomic E-state index is 11.7. The van der Waals surface area contributed by atoms with Crippen LogP contribution in [-0.2, 0) is 11.3 Å². The smallest absolute Gasteiger partial charge is 0.226 e. The first-order valence-electron chi connectivity index (χ1n) is 6.43. The molecule has 1 amide bonds. The lowest BCUT2D eigenvalue weighted by molar-refractivity contribution is -0.118. The number of benzene rings is 1. The van der Waals surface area contributed by atoms with Gasteiger partial charge in [0.05, 0.1) is 6.54 Å². The fraction of sp³-hybridized carbons (Fsp3) is 0.267. The number of thiophene rings is 1. The predicted octanol–water partition coefficient (Wildman–Crippen LogP) is 4.72. The molecule has 0 aliphatic rings. The van der Waals surface area contributed by atoms with Gasteiger partial charge in [-0.05, 0) is 45.6 Å². The van der Waals surface area contributed by atoms with Crippen LogP contribution in [-0.4, -0.2) is 5.91 Å². The maximum absolute atomic E-state index is 11.7. The van der Waals surface area contributed by atoms with E-state index in [4.69, 9.17) is 0 Å². The minimum atomic E-state index is -0.0197. The van der Waals surface area contributed by atoms with Crippen LogP contribution in [0.25, 0.3) is 0 Å². The van der Waals surface area contributed by atoms with Crippen LogP contribution in [0.5, 0.6) is 0 Å². The van der Waals surface area contributed by atoms with Gasteiger partial charge in [-0.1, -0.05) is 19.9 Å². The molecule has 0 spiro atoms. The summed E-state index contributed by atoms with van der Waals surface area (Å²) in [7, 11) is 0. The molecule has 0 radical (unpaired) electrons. The van der Waals surface area contributed by atoms with Crippen LogP contribution in [0.15, 0.2) is 40.2 Å². The molecule has 3 nitrogen and oxygen atoms in total. The van der Waals surface area contributed by atoms with E-state index in [9.17, 15) is 4.79 Å². The van der Waals surface area contributed by atoms with E-state index in [1.165, 1.54) is 4.88 Å². The summed E-state index contributed by atoms with van der Waals surface area (Å²) in [6, 6.07) is 9.81. The molecule has 0 unspecified atom stereocenters. The summed E-state index contributed by atoms with van der Waals surface area (Å²) >= 11 is 5.22. The molecule has 20 heavy (non-hydrogen) atoms. The number of nitrogens with one attached hydrogen (secondary N) is 2. The third-order valence-electron chi connectivity index (χ3n) is 2.80. The SMILES string of the molecule is CC(C)C(=O)Nc1cccc(NCc2sccc2Br)c1. The summed E-state index contributed by atoms with van der Waals surface area (Å²) in [6.45, 7) is 4.53. The Bertz CT molecular complexity index is 595. The largest absolute Gasteiger partial charge is 0.380 e. The number of carbonyl (C=O) groups is 1. The molecule has 2 aromatic rings. The molecule has 0 bridgehead atoms. The molecule has 0 fully saturated rings. The van der Waals surface area contributed by atoms with Gasteiger partial charge in [0.15, 0.2) is 0 Å². The van der Waals surface area contributed by atoms with Gasteiger partial charge in [-0.25, -0.2) is 0 Å². The van der Waals surface area contributed by atoms with Gasteiger partial charge in [0.2, 0.25) is 5.91 Å². The summed E-state index contributed by atoms with van der Waals surface area (Å²) in [5.41, 5.74) is 1.81. The molecular weight excluding hydrogens is 336 g/mol. The van der Waals surface area contributed by atoms with Crippen LogP contribution in [0.2, 0.25) is 0 Å². The van der Waals surface area contributed by atoms with Crippen molar-refractivity contribution in [1.29, 1.82) is 0 Å². The zero-order valence-corrected chi connectivity index (χ0v) is 13.8. The van der Waals surface area contributed by atoms with Crippen LogP contribution in [0.1, 0.15) is 18.7 Å². The van der Waals surface area contributed by atoms with Gasteiger partial charge in [-0.2, -0.15) is 0 Å². The normalized spacial score (nSPS) is 10.6. The Balaban J connectivity index is 1.99. The van der Waals surface area contributed by atoms with E-state index in [0.717, 1.165) is 22.4 Å². The lowest BCUT2D eigenvalue weighted by Gasteiger charge is -2.10. The van der Waals surface area contributed by atoms with Gasteiger partial charge < -0.3 is 10.6 Å². The highest BCUT2D eigenvalue weighted by Crippen LogP contribution is 2.24. The van der Waals surface area contributed by atoms with E-state index < -0.39 is 0 Å². The second-order valence-corrected chi connectivity index (χ2v) is 6.63. The van der Waals surface area contributed by atoms with Crippen molar-refractivity contribution >= 4 is 44.5 Å². The van der Waals surface area contributed by atoms with E-state index in [2.05, 4.69) is 31.9 Å². The van der Waals surface area contributed by atoms with Crippen LogP contribution >= 0.6 is 27.3 Å². The zero-order valence-electron chi connectivity index (χ0n) is 11.4. The van der Waals surface area contributed by atoms with Crippen LogP contribution < -0.4 is 10.6 Å². The van der Waals surface area contributed by atoms with Gasteiger partial charge in [0, 0.05) is 26.6 Å². The summed E-state index contributed by atoms with van der Waals surface area (Å²) < 4.78 is 1.12. The number of anilines is 2. The predicted molar refractivity (Wildman–Crippen MR) is 89.3 cm³/mol. The third-order valence-corrected chi connectivity index (χ3v) is 4.72. The lowest BCUT2D eigenvalue weighted by Crippen LogP contribution is -2.17. The van der Waals surface area contributed by atoms with E-state index in [0.29, 0.717) is 0 Å². The molecule has 2 rings (SSSR count). The number of carbonyl (C=O) groups excluding carboxylic acids is 1. The van der Waals surface area contributed by atoms with E-state index in [1.807, 2.05) is 44.2 Å². The van der Waals surface area contributed by atoms with Gasteiger partial charge in [-0.15, -0.1) is 11.3 Å². The first-order valence-corrected chi connectivity index (χ1v) is 8.10. The molecule has 0 aliphatic heterocycles. The summed E-state index contributed by atoms with van der Waals surface area (Å²) in [5.74, 6) is 0.0110. The van der Waals surface area contributed by atoms with Crippen molar-refractivity contribution in [3.8, 4) is 0 Å². The van der Waals surface area contributed by atoms with Crippen molar-refractivity contribution in [2.24, 2.45) is 5.92 Å². The fourth-order valence-corrected chi connectivity index (χ4v) is 3.06. The molecule has 1 aromatic carbocycles. The maximum Gasteiger partial charge on any atom is 0.226 e. The molecule has 0 aliphatic carbocycles. The molecule has 1 aromatic heterocycles. The van der Waals surface area contributed by atoms with Crippen LogP contribution in [0, 0.1) is 5.92 Å². The van der Waals surface area contributed by atoms with Crippen LogP contribution in [0.3, 0.4) is 0 Å². The molecule has 106 valence electrons. The van der Waals surface area contributed by atoms with E-state index in [1.54, 1.807) is 11.3 Å². The Morgan fingerprint density at radius 3 is 2.70 bits per heavy atom. The minimum absolute atomic E-state index is 0.0197. The van der Waals surface area contributed by atoms with Crippen molar-refractivity contribution in [2.45, 2.75) is 20.4 Å². The molecule has 1 heterocycles. The standard InChI is InChI=1S/C15H17BrN2OS/c1-10(2)15(19)18-12-5-3-4-11(8-12)17-9-14-13(16)6-7-20-14/h3-8,10,17H,9H2,1-2H3,(H,18,19). The van der Waals surface area contributed by atoms with Crippen molar-refractivity contribution in [2.75, 3.05) is 10.6 Å². The summed E-state index contributed by atoms with van der Waals surface area (Å²) in [6.07, 6.45) is 0. The van der Waals surface area contributed by atoms with Gasteiger partial charge in [-0.3, -0.25) is 4.79 Å². The number of amides is 1. The Morgan fingerprint density at radius 2 is 2.05 bits per heavy atom. The van der Waals surface area contributed by atoms with Crippen molar-refractivity contribution in [1.82, 2.24) is 0 Å². The molecule has 2 N–H and O–H groups in total. The highest BCUT2D eigenvalue weighted by Gasteiger charge is 2.07. The third kappa shape index (κ3) is 4.08. The molecule has 0 saturated carbocycles. The first kappa shape index (κ1) is 15.1. The van der Waals surface area contributed by atoms with Gasteiger partial charge in [0.25, 0.3) is 0 Å². The number of hydrogen-bond donors (Lipinski definition) is 2. The van der Waals surface area contributed by atoms with Crippen molar-refractivity contribution < 1.29 is 4.79 Å². The minimum Gasteiger partial charge on any atom is -0.380 e. The highest BCUT2D eigenvalue weighted by molar-refractivity contribution is 9.10. The molecule has 0 saturated heterocycles. The van der Waals surface area contributed by atoms with Gasteiger partial charge >= 0.3 is 0 Å². The number of rotatable bonds is 5. The zero-order chi connectivity index (χ0) is 14.5. The second kappa shape index (κ2) is 6.90. The highest BCUT2D eigenvalue weighted by atomic mass is 79.9. The Kier molecular flexibility index (Phi) is 5.20. The fourth-order valence-electron chi connectivity index (χ4n) is 1.63. The monoisotopic (exact) mass is 352 g/mol. The van der Waals surface area contributed by atoms with Gasteiger partial charge in [0.1, 0.15) is 0 Å². The lowest BCUT2D eigenvalue weighted by atomic mass is 10.2. The van der Waals surface area contributed by atoms with Crippen LogP contribution in [0.4, 0.5) is 11.4 Å². The van der Waals surface area contributed by atoms with E-state index >= 15 is 0 Å². The Morgan fingerprint density at radius 1 is 1.30 bits per heavy atom. The molecular formula is C15H17BrN2OS. The van der Waals surface area contributed by atoms with Crippen molar-refractivity contribution in [3.63, 3.8) is 0 Å². The summed E-state index contributed by atoms with van der Waals surface area (Å²) in [4.78, 5) is 12.9. The molecule has 5 heteroatoms. The average Bonchev–Trinajstić information content (AvgIpc) is 2.82. The number of halogens is 1. The first-order chi connectivity index (χ1) is 9.56. The van der Waals surface area contributed by atoms with Crippen molar-refractivity contribution in [3.05, 3.63) is 45.1 Å². The van der Waals surface area contributed by atoms with E-state index in [-0.39, 0.29) is 11.8 Å². The second-order valence-electron chi connectivity index (χ2n) is 4.77. The molecule has 0 atom stereocenters. The number of hydrogen-bond acceptors (Lipinski definition) is 3. The Hall–Kier alpha value is -1.33. The average molecular weight is 353 g/mol. The Labute approximate surface area is 131 Å². The topological polar surface area (TPSA) is 41.1 Å².